The number of benzene rings is 2. The van der Waals surface area contributed by atoms with E-state index in [-0.39, 0.29) is 23.8 Å². The maximum atomic E-state index is 12.2. The molecule has 0 radical (unpaired) electrons. The minimum Gasteiger partial charge on any atom is -0.462 e. The van der Waals surface area contributed by atoms with Crippen molar-refractivity contribution in [2.45, 2.75) is 33.1 Å². The Bertz CT molecular complexity index is 762. The zero-order chi connectivity index (χ0) is 19.2. The third-order valence-corrected chi connectivity index (χ3v) is 3.85. The molecule has 26 heavy (non-hydrogen) atoms. The zero-order valence-corrected chi connectivity index (χ0v) is 15.8. The van der Waals surface area contributed by atoms with Gasteiger partial charge >= 0.3 is 5.97 Å². The van der Waals surface area contributed by atoms with Crippen LogP contribution in [-0.4, -0.2) is 25.0 Å². The fraction of sp³-hybridized carbons (Fsp3) is 0.333. The molecule has 0 heterocycles. The molecular weight excluding hydrogens is 328 g/mol. The molecule has 0 bridgehead atoms. The van der Waals surface area contributed by atoms with Gasteiger partial charge in [0, 0.05) is 11.4 Å². The summed E-state index contributed by atoms with van der Waals surface area (Å²) in [6.07, 6.45) is 0. The lowest BCUT2D eigenvalue weighted by Gasteiger charge is -2.23. The van der Waals surface area contributed by atoms with Gasteiger partial charge in [-0.15, -0.1) is 0 Å². The Hall–Kier alpha value is -2.82. The molecule has 2 aromatic rings. The average molecular weight is 354 g/mol. The molecule has 2 N–H and O–H groups in total. The second-order valence-electron chi connectivity index (χ2n) is 7.00. The Morgan fingerprint density at radius 1 is 1.00 bits per heavy atom. The van der Waals surface area contributed by atoms with Gasteiger partial charge in [0.15, 0.2) is 0 Å². The molecule has 0 saturated heterocycles. The van der Waals surface area contributed by atoms with Gasteiger partial charge in [0.1, 0.15) is 0 Å². The summed E-state index contributed by atoms with van der Waals surface area (Å²) >= 11 is 0. The van der Waals surface area contributed by atoms with Crippen molar-refractivity contribution in [2.75, 3.05) is 23.8 Å². The molecule has 2 aromatic carbocycles. The average Bonchev–Trinajstić information content (AvgIpc) is 2.60. The van der Waals surface area contributed by atoms with Crippen LogP contribution in [0.4, 0.5) is 11.4 Å². The van der Waals surface area contributed by atoms with Crippen molar-refractivity contribution in [3.05, 3.63) is 59.7 Å². The maximum Gasteiger partial charge on any atom is 0.338 e. The normalized spacial score (nSPS) is 10.9. The number of ether oxygens (including phenoxy) is 1. The first-order valence-electron chi connectivity index (χ1n) is 8.71. The van der Waals surface area contributed by atoms with Gasteiger partial charge in [0.2, 0.25) is 5.91 Å². The number of para-hydroxylation sites is 1. The fourth-order valence-electron chi connectivity index (χ4n) is 2.58. The van der Waals surface area contributed by atoms with Crippen LogP contribution in [0.3, 0.4) is 0 Å². The molecule has 0 unspecified atom stereocenters. The molecule has 1 amide bonds. The van der Waals surface area contributed by atoms with Crippen molar-refractivity contribution < 1.29 is 14.3 Å². The number of hydrogen-bond donors (Lipinski definition) is 2. The lowest BCUT2D eigenvalue weighted by Crippen LogP contribution is -2.23. The second-order valence-corrected chi connectivity index (χ2v) is 7.00. The van der Waals surface area contributed by atoms with Crippen LogP contribution < -0.4 is 10.6 Å². The van der Waals surface area contributed by atoms with Gasteiger partial charge < -0.3 is 15.4 Å². The third-order valence-electron chi connectivity index (χ3n) is 3.85. The number of nitrogens with one attached hydrogen (secondary N) is 2. The molecule has 0 aliphatic carbocycles. The molecule has 0 spiro atoms. The molecular formula is C21H26N2O3. The number of esters is 1. The van der Waals surface area contributed by atoms with E-state index in [4.69, 9.17) is 4.74 Å². The van der Waals surface area contributed by atoms with Gasteiger partial charge in [-0.05, 0) is 48.2 Å². The van der Waals surface area contributed by atoms with Crippen molar-refractivity contribution in [2.24, 2.45) is 0 Å². The van der Waals surface area contributed by atoms with E-state index in [1.165, 1.54) is 0 Å². The Morgan fingerprint density at radius 2 is 1.65 bits per heavy atom. The van der Waals surface area contributed by atoms with Crippen molar-refractivity contribution in [1.82, 2.24) is 0 Å². The summed E-state index contributed by atoms with van der Waals surface area (Å²) in [6.45, 7) is 8.67. The second kappa shape index (κ2) is 8.52. The summed E-state index contributed by atoms with van der Waals surface area (Å²) in [5, 5.41) is 6.01. The standard InChI is InChI=1S/C21H26N2O3/c1-5-26-20(25)15-10-12-16(13-11-15)23-19(24)14-22-18-9-7-6-8-17(18)21(2,3)4/h6-13,22H,5,14H2,1-4H3,(H,23,24). The Kier molecular flexibility index (Phi) is 6.39. The number of hydrogen-bond acceptors (Lipinski definition) is 4. The molecule has 138 valence electrons. The molecule has 0 fully saturated rings. The van der Waals surface area contributed by atoms with Crippen LogP contribution in [0.1, 0.15) is 43.6 Å². The van der Waals surface area contributed by atoms with Crippen molar-refractivity contribution in [3.63, 3.8) is 0 Å². The third kappa shape index (κ3) is 5.34. The van der Waals surface area contributed by atoms with Crippen LogP contribution in [0, 0.1) is 0 Å². The Morgan fingerprint density at radius 3 is 2.27 bits per heavy atom. The van der Waals surface area contributed by atoms with Gasteiger partial charge in [-0.25, -0.2) is 4.79 Å². The number of carbonyl (C=O) groups excluding carboxylic acids is 2. The minimum atomic E-state index is -0.370. The first kappa shape index (κ1) is 19.5. The molecule has 5 heteroatoms. The zero-order valence-electron chi connectivity index (χ0n) is 15.8. The smallest absolute Gasteiger partial charge is 0.338 e. The highest BCUT2D eigenvalue weighted by molar-refractivity contribution is 5.95. The van der Waals surface area contributed by atoms with Gasteiger partial charge in [-0.3, -0.25) is 4.79 Å². The molecule has 0 aliphatic heterocycles. The van der Waals surface area contributed by atoms with E-state index in [9.17, 15) is 9.59 Å². The van der Waals surface area contributed by atoms with E-state index in [1.807, 2.05) is 18.2 Å². The van der Waals surface area contributed by atoms with E-state index in [2.05, 4.69) is 37.5 Å². The van der Waals surface area contributed by atoms with Crippen LogP contribution in [-0.2, 0) is 14.9 Å². The molecule has 0 saturated carbocycles. The van der Waals surface area contributed by atoms with Gasteiger partial charge in [-0.2, -0.15) is 0 Å². The molecule has 0 atom stereocenters. The van der Waals surface area contributed by atoms with Crippen LogP contribution >= 0.6 is 0 Å². The van der Waals surface area contributed by atoms with E-state index in [1.54, 1.807) is 31.2 Å². The molecule has 2 rings (SSSR count). The largest absolute Gasteiger partial charge is 0.462 e. The highest BCUT2D eigenvalue weighted by atomic mass is 16.5. The first-order valence-corrected chi connectivity index (χ1v) is 8.71. The van der Waals surface area contributed by atoms with Gasteiger partial charge in [0.25, 0.3) is 0 Å². The lowest BCUT2D eigenvalue weighted by atomic mass is 9.86. The van der Waals surface area contributed by atoms with Crippen molar-refractivity contribution in [3.8, 4) is 0 Å². The summed E-state index contributed by atoms with van der Waals surface area (Å²) < 4.78 is 4.94. The highest BCUT2D eigenvalue weighted by Gasteiger charge is 2.17. The number of carbonyl (C=O) groups is 2. The van der Waals surface area contributed by atoms with Crippen molar-refractivity contribution >= 4 is 23.3 Å². The van der Waals surface area contributed by atoms with Gasteiger partial charge in [-0.1, -0.05) is 39.0 Å². The number of anilines is 2. The molecule has 5 nitrogen and oxygen atoms in total. The maximum absolute atomic E-state index is 12.2. The quantitative estimate of drug-likeness (QED) is 0.763. The predicted molar refractivity (Wildman–Crippen MR) is 105 cm³/mol. The van der Waals surface area contributed by atoms with E-state index in [0.717, 1.165) is 11.3 Å². The van der Waals surface area contributed by atoms with E-state index in [0.29, 0.717) is 17.9 Å². The molecule has 0 aliphatic rings. The van der Waals surface area contributed by atoms with E-state index >= 15 is 0 Å². The van der Waals surface area contributed by atoms with Crippen molar-refractivity contribution in [1.29, 1.82) is 0 Å². The summed E-state index contributed by atoms with van der Waals surface area (Å²) in [5.41, 5.74) is 3.19. The van der Waals surface area contributed by atoms with Crippen LogP contribution in [0.25, 0.3) is 0 Å². The summed E-state index contributed by atoms with van der Waals surface area (Å²) in [6, 6.07) is 14.6. The van der Waals surface area contributed by atoms with E-state index < -0.39 is 0 Å². The Balaban J connectivity index is 1.95. The monoisotopic (exact) mass is 354 g/mol. The first-order chi connectivity index (χ1) is 12.3. The van der Waals surface area contributed by atoms with Crippen LogP contribution in [0.2, 0.25) is 0 Å². The summed E-state index contributed by atoms with van der Waals surface area (Å²) in [4.78, 5) is 23.8. The van der Waals surface area contributed by atoms with Crippen LogP contribution in [0.5, 0.6) is 0 Å². The number of amides is 1. The minimum absolute atomic E-state index is 0.0109. The van der Waals surface area contributed by atoms with Crippen LogP contribution in [0.15, 0.2) is 48.5 Å². The Labute approximate surface area is 154 Å². The lowest BCUT2D eigenvalue weighted by molar-refractivity contribution is -0.114. The number of rotatable bonds is 6. The topological polar surface area (TPSA) is 67.4 Å². The SMILES string of the molecule is CCOC(=O)c1ccc(NC(=O)CNc2ccccc2C(C)(C)C)cc1. The van der Waals surface area contributed by atoms with Gasteiger partial charge in [0.05, 0.1) is 18.7 Å². The summed E-state index contributed by atoms with van der Waals surface area (Å²) in [5.74, 6) is -0.525. The fourth-order valence-corrected chi connectivity index (χ4v) is 2.58. The summed E-state index contributed by atoms with van der Waals surface area (Å²) in [7, 11) is 0. The highest BCUT2D eigenvalue weighted by Crippen LogP contribution is 2.29. The predicted octanol–water partition coefficient (Wildman–Crippen LogP) is 4.21. The molecule has 0 aromatic heterocycles.